The first-order chi connectivity index (χ1) is 14.9. The van der Waals surface area contributed by atoms with Crippen LogP contribution in [-0.4, -0.2) is 70.0 Å². The van der Waals surface area contributed by atoms with E-state index in [9.17, 15) is 13.2 Å². The second kappa shape index (κ2) is 8.98. The Morgan fingerprint density at radius 3 is 2.35 bits per heavy atom. The minimum Gasteiger partial charge on any atom is -0.497 e. The first-order valence-electron chi connectivity index (χ1n) is 10.5. The van der Waals surface area contributed by atoms with Crippen molar-refractivity contribution < 1.29 is 22.7 Å². The van der Waals surface area contributed by atoms with Crippen molar-refractivity contribution in [3.8, 4) is 5.75 Å². The average molecular weight is 445 g/mol. The van der Waals surface area contributed by atoms with Crippen LogP contribution >= 0.6 is 0 Å². The van der Waals surface area contributed by atoms with E-state index in [1.54, 1.807) is 31.4 Å². The summed E-state index contributed by atoms with van der Waals surface area (Å²) < 4.78 is 38.7. The number of sulfonamides is 1. The van der Waals surface area contributed by atoms with Crippen LogP contribution in [0.4, 0.5) is 0 Å². The second-order valence-electron chi connectivity index (χ2n) is 8.00. The molecule has 0 aliphatic carbocycles. The summed E-state index contributed by atoms with van der Waals surface area (Å²) in [5.74, 6) is -0.0145. The molecule has 7 nitrogen and oxygen atoms in total. The van der Waals surface area contributed by atoms with Crippen LogP contribution in [0.15, 0.2) is 53.4 Å². The van der Waals surface area contributed by atoms with Gasteiger partial charge in [-0.05, 0) is 42.3 Å². The molecule has 2 saturated heterocycles. The van der Waals surface area contributed by atoms with E-state index in [0.717, 1.165) is 11.1 Å². The molecule has 0 saturated carbocycles. The summed E-state index contributed by atoms with van der Waals surface area (Å²) in [6, 6.07) is 14.3. The van der Waals surface area contributed by atoms with E-state index in [4.69, 9.17) is 9.47 Å². The quantitative estimate of drug-likeness (QED) is 0.707. The van der Waals surface area contributed by atoms with Crippen molar-refractivity contribution in [2.75, 3.05) is 46.5 Å². The molecule has 4 rings (SSSR count). The third kappa shape index (κ3) is 4.33. The summed E-state index contributed by atoms with van der Waals surface area (Å²) in [6.45, 7) is 4.57. The van der Waals surface area contributed by atoms with E-state index in [1.165, 1.54) is 4.31 Å². The molecule has 1 amide bonds. The summed E-state index contributed by atoms with van der Waals surface area (Å²) in [5, 5.41) is 0. The number of rotatable bonds is 5. The fraction of sp³-hybridized carbons (Fsp3) is 0.435. The molecule has 0 radical (unpaired) electrons. The minimum atomic E-state index is -3.73. The van der Waals surface area contributed by atoms with Crippen LogP contribution < -0.4 is 4.74 Å². The molecule has 2 fully saturated rings. The van der Waals surface area contributed by atoms with E-state index in [2.05, 4.69) is 0 Å². The van der Waals surface area contributed by atoms with Gasteiger partial charge in [0.05, 0.1) is 31.1 Å². The molecule has 2 heterocycles. The monoisotopic (exact) mass is 444 g/mol. The fourth-order valence-electron chi connectivity index (χ4n) is 4.45. The number of nitrogens with zero attached hydrogens (tertiary/aromatic N) is 2. The number of ether oxygens (including phenoxy) is 2. The third-order valence-electron chi connectivity index (χ3n) is 6.21. The van der Waals surface area contributed by atoms with Gasteiger partial charge >= 0.3 is 0 Å². The molecule has 166 valence electrons. The molecule has 2 aromatic rings. The topological polar surface area (TPSA) is 76.2 Å². The van der Waals surface area contributed by atoms with Gasteiger partial charge in [0.15, 0.2) is 0 Å². The number of benzene rings is 2. The van der Waals surface area contributed by atoms with E-state index in [0.29, 0.717) is 32.1 Å². The molecular weight excluding hydrogens is 416 g/mol. The highest BCUT2D eigenvalue weighted by molar-refractivity contribution is 7.89. The minimum absolute atomic E-state index is 0.00369. The molecule has 2 aliphatic rings. The van der Waals surface area contributed by atoms with E-state index >= 15 is 0 Å². The molecular formula is C23H28N2O5S. The van der Waals surface area contributed by atoms with Gasteiger partial charge in [0.1, 0.15) is 5.75 Å². The van der Waals surface area contributed by atoms with Crippen molar-refractivity contribution in [3.63, 3.8) is 0 Å². The van der Waals surface area contributed by atoms with Crippen LogP contribution in [0.5, 0.6) is 5.75 Å². The molecule has 2 aliphatic heterocycles. The summed E-state index contributed by atoms with van der Waals surface area (Å²) >= 11 is 0. The highest BCUT2D eigenvalue weighted by atomic mass is 32.2. The Morgan fingerprint density at radius 2 is 1.71 bits per heavy atom. The van der Waals surface area contributed by atoms with Crippen molar-refractivity contribution in [2.24, 2.45) is 5.92 Å². The molecule has 0 N–H and O–H groups in total. The van der Waals surface area contributed by atoms with Gasteiger partial charge in [-0.2, -0.15) is 4.31 Å². The van der Waals surface area contributed by atoms with Crippen molar-refractivity contribution in [3.05, 3.63) is 59.7 Å². The Balaban J connectivity index is 1.66. The first kappa shape index (κ1) is 21.8. The molecule has 0 spiro atoms. The molecule has 2 unspecified atom stereocenters. The van der Waals surface area contributed by atoms with Crippen LogP contribution in [0.3, 0.4) is 0 Å². The molecule has 31 heavy (non-hydrogen) atoms. The van der Waals surface area contributed by atoms with Crippen molar-refractivity contribution in [2.45, 2.75) is 17.7 Å². The lowest BCUT2D eigenvalue weighted by molar-refractivity contribution is -0.139. The summed E-state index contributed by atoms with van der Waals surface area (Å²) in [4.78, 5) is 15.4. The van der Waals surface area contributed by atoms with Gasteiger partial charge in [0.2, 0.25) is 15.9 Å². The van der Waals surface area contributed by atoms with Crippen LogP contribution in [0, 0.1) is 12.8 Å². The predicted molar refractivity (Wildman–Crippen MR) is 117 cm³/mol. The number of aryl methyl sites for hydroxylation is 1. The van der Waals surface area contributed by atoms with Gasteiger partial charge in [-0.15, -0.1) is 0 Å². The van der Waals surface area contributed by atoms with E-state index in [-0.39, 0.29) is 29.8 Å². The number of carbonyl (C=O) groups is 1. The smallest absolute Gasteiger partial charge is 0.243 e. The highest BCUT2D eigenvalue weighted by Gasteiger charge is 2.45. The maximum absolute atomic E-state index is 13.4. The maximum atomic E-state index is 13.4. The normalized spacial score (nSPS) is 22.5. The number of morpholine rings is 1. The van der Waals surface area contributed by atoms with Crippen molar-refractivity contribution in [1.29, 1.82) is 0 Å². The largest absolute Gasteiger partial charge is 0.497 e. The van der Waals surface area contributed by atoms with Gasteiger partial charge in [0.25, 0.3) is 0 Å². The molecule has 8 heteroatoms. The van der Waals surface area contributed by atoms with Crippen LogP contribution in [0.2, 0.25) is 0 Å². The standard InChI is InChI=1S/C23H28N2O5S/c1-17-5-3-4-6-20(17)21-15-25(16-22(21)23(26)24-11-13-30-14-12-24)31(27,28)19-9-7-18(29-2)8-10-19/h3-10,21-22H,11-16H2,1-2H3. The SMILES string of the molecule is COc1ccc(S(=O)(=O)N2CC(C(=O)N3CCOCC3)C(c3ccccc3C)C2)cc1. The highest BCUT2D eigenvalue weighted by Crippen LogP contribution is 2.38. The van der Waals surface area contributed by atoms with Crippen molar-refractivity contribution in [1.82, 2.24) is 9.21 Å². The Kier molecular flexibility index (Phi) is 6.31. The summed E-state index contributed by atoms with van der Waals surface area (Å²) in [7, 11) is -2.19. The lowest BCUT2D eigenvalue weighted by Crippen LogP contribution is -2.45. The van der Waals surface area contributed by atoms with Crippen LogP contribution in [0.1, 0.15) is 17.0 Å². The first-order valence-corrected chi connectivity index (χ1v) is 11.9. The predicted octanol–water partition coefficient (Wildman–Crippen LogP) is 2.27. The summed E-state index contributed by atoms with van der Waals surface area (Å²) in [6.07, 6.45) is 0. The second-order valence-corrected chi connectivity index (χ2v) is 9.94. The lowest BCUT2D eigenvalue weighted by Gasteiger charge is -2.31. The van der Waals surface area contributed by atoms with E-state index in [1.807, 2.05) is 36.1 Å². The van der Waals surface area contributed by atoms with Crippen LogP contribution in [-0.2, 0) is 19.6 Å². The molecule has 2 atom stereocenters. The zero-order valence-electron chi connectivity index (χ0n) is 17.9. The fourth-order valence-corrected chi connectivity index (χ4v) is 5.94. The van der Waals surface area contributed by atoms with Gasteiger partial charge in [0, 0.05) is 32.1 Å². The number of hydrogen-bond donors (Lipinski definition) is 0. The number of methoxy groups -OCH3 is 1. The zero-order valence-corrected chi connectivity index (χ0v) is 18.7. The molecule has 0 bridgehead atoms. The number of hydrogen-bond acceptors (Lipinski definition) is 5. The molecule has 0 aromatic heterocycles. The Morgan fingerprint density at radius 1 is 1.03 bits per heavy atom. The zero-order chi connectivity index (χ0) is 22.0. The summed E-state index contributed by atoms with van der Waals surface area (Å²) in [5.41, 5.74) is 2.09. The van der Waals surface area contributed by atoms with Crippen molar-refractivity contribution >= 4 is 15.9 Å². The Hall–Kier alpha value is -2.42. The van der Waals surface area contributed by atoms with Crippen LogP contribution in [0.25, 0.3) is 0 Å². The van der Waals surface area contributed by atoms with Gasteiger partial charge in [-0.1, -0.05) is 24.3 Å². The lowest BCUT2D eigenvalue weighted by atomic mass is 9.85. The Bertz CT molecular complexity index is 1030. The number of amides is 1. The third-order valence-corrected chi connectivity index (χ3v) is 8.06. The van der Waals surface area contributed by atoms with Gasteiger partial charge in [-0.3, -0.25) is 4.79 Å². The van der Waals surface area contributed by atoms with Gasteiger partial charge in [-0.25, -0.2) is 8.42 Å². The van der Waals surface area contributed by atoms with E-state index < -0.39 is 15.9 Å². The van der Waals surface area contributed by atoms with Gasteiger partial charge < -0.3 is 14.4 Å². The number of carbonyl (C=O) groups excluding carboxylic acids is 1. The molecule has 2 aromatic carbocycles. The maximum Gasteiger partial charge on any atom is 0.243 e. The Labute approximate surface area is 183 Å². The average Bonchev–Trinajstić information content (AvgIpc) is 3.25.